The van der Waals surface area contributed by atoms with Crippen LogP contribution in [0.5, 0.6) is 5.75 Å². The van der Waals surface area contributed by atoms with Gasteiger partial charge in [-0.15, -0.1) is 0 Å². The third kappa shape index (κ3) is 7.37. The Morgan fingerprint density at radius 3 is 2.09 bits per heavy atom. The van der Waals surface area contributed by atoms with Crippen molar-refractivity contribution in [2.24, 2.45) is 17.8 Å². The first-order valence-corrected chi connectivity index (χ1v) is 23.9. The van der Waals surface area contributed by atoms with Gasteiger partial charge in [0.25, 0.3) is 0 Å². The summed E-state index contributed by atoms with van der Waals surface area (Å²) < 4.78 is 15.0. The number of hydrogen-bond acceptors (Lipinski definition) is 2. The van der Waals surface area contributed by atoms with Crippen molar-refractivity contribution in [1.82, 2.24) is 0 Å². The molecule has 0 unspecified atom stereocenters. The Hall–Kier alpha value is -1.15. The van der Waals surface area contributed by atoms with Crippen LogP contribution in [0, 0.1) is 17.8 Å². The lowest BCUT2D eigenvalue weighted by atomic mass is 9.47. The molecule has 2 nitrogen and oxygen atoms in total. The summed E-state index contributed by atoms with van der Waals surface area (Å²) in [7, 11) is -3.20. The van der Waals surface area contributed by atoms with Gasteiger partial charge in [-0.05, 0) is 140 Å². The van der Waals surface area contributed by atoms with E-state index in [1.165, 1.54) is 61.0 Å². The third-order valence-corrected chi connectivity index (χ3v) is 17.0. The summed E-state index contributed by atoms with van der Waals surface area (Å²) in [5.74, 6) is 4.03. The second kappa shape index (κ2) is 12.8. The topological polar surface area (TPSA) is 18.5 Å². The van der Waals surface area contributed by atoms with Crippen LogP contribution in [-0.2, 0) is 21.7 Å². The normalized spacial score (nSPS) is 25.6. The number of aryl methyl sites for hydroxylation is 1. The van der Waals surface area contributed by atoms with Crippen molar-refractivity contribution in [3.05, 3.63) is 69.2 Å². The van der Waals surface area contributed by atoms with Crippen molar-refractivity contribution in [2.45, 2.75) is 135 Å². The minimum atomic E-state index is -1.88. The van der Waals surface area contributed by atoms with Crippen LogP contribution in [-0.4, -0.2) is 24.0 Å². The maximum atomic E-state index is 7.08. The maximum absolute atomic E-state index is 7.08. The molecule has 4 aliphatic rings. The van der Waals surface area contributed by atoms with E-state index >= 15 is 0 Å². The van der Waals surface area contributed by atoms with E-state index in [1.807, 2.05) is 0 Å². The van der Waals surface area contributed by atoms with Gasteiger partial charge in [0, 0.05) is 15.5 Å². The van der Waals surface area contributed by atoms with E-state index in [9.17, 15) is 0 Å². The summed E-state index contributed by atoms with van der Waals surface area (Å²) in [5.41, 5.74) is 7.54. The lowest BCUT2D eigenvalue weighted by Crippen LogP contribution is -2.49. The first-order chi connectivity index (χ1) is 20.5. The predicted molar refractivity (Wildman–Crippen MR) is 198 cm³/mol. The Morgan fingerprint density at radius 1 is 0.955 bits per heavy atom. The number of allylic oxidation sites excluding steroid dienone is 1. The van der Waals surface area contributed by atoms with Gasteiger partial charge in [0.1, 0.15) is 5.75 Å². The van der Waals surface area contributed by atoms with Gasteiger partial charge in [-0.1, -0.05) is 87.8 Å². The average Bonchev–Trinajstić information content (AvgIpc) is 2.88. The molecule has 2 aromatic carbocycles. The SMILES string of the molecule is C[SiH](C)Oc1c(CC/C=C(\CO[Si](C)(C)C(C)(C)C)c2cccc(Br)c2)ccc(C(C)(C)C)c1C12CC3CC(CC(C3)C1)C2. The fourth-order valence-electron chi connectivity index (χ4n) is 8.59. The van der Waals surface area contributed by atoms with Crippen LogP contribution >= 0.6 is 15.9 Å². The van der Waals surface area contributed by atoms with E-state index in [0.717, 1.165) is 35.1 Å². The number of halogens is 1. The molecule has 4 fully saturated rings. The average molecular weight is 696 g/mol. The van der Waals surface area contributed by atoms with E-state index in [-0.39, 0.29) is 10.5 Å². The molecular weight excluding hydrogens is 637 g/mol. The van der Waals surface area contributed by atoms with Crippen LogP contribution in [0.1, 0.15) is 109 Å². The van der Waals surface area contributed by atoms with Crippen LogP contribution in [0.4, 0.5) is 0 Å². The molecule has 0 aliphatic heterocycles. The Balaban J connectivity index is 1.51. The molecule has 4 saturated carbocycles. The number of hydrogen-bond donors (Lipinski definition) is 0. The Morgan fingerprint density at radius 2 is 1.57 bits per heavy atom. The largest absolute Gasteiger partial charge is 0.547 e. The zero-order valence-corrected chi connectivity index (χ0v) is 33.1. The number of rotatable bonds is 10. The molecule has 0 saturated heterocycles. The molecule has 4 bridgehead atoms. The van der Waals surface area contributed by atoms with Crippen molar-refractivity contribution >= 4 is 38.9 Å². The fraction of sp³-hybridized carbons (Fsp3) is 0.641. The van der Waals surface area contributed by atoms with E-state index in [2.05, 4.69) is 126 Å². The molecule has 0 spiro atoms. The second-order valence-corrected chi connectivity index (χ2v) is 25.5. The van der Waals surface area contributed by atoms with Crippen molar-refractivity contribution in [3.63, 3.8) is 0 Å². The Kier molecular flexibility index (Phi) is 9.95. The van der Waals surface area contributed by atoms with Gasteiger partial charge >= 0.3 is 0 Å². The van der Waals surface area contributed by atoms with Gasteiger partial charge in [0.2, 0.25) is 9.04 Å². The van der Waals surface area contributed by atoms with E-state index in [0.29, 0.717) is 12.0 Å². The molecule has 0 heterocycles. The summed E-state index contributed by atoms with van der Waals surface area (Å²) >= 11 is 3.71. The van der Waals surface area contributed by atoms with Gasteiger partial charge in [-0.25, -0.2) is 0 Å². The molecule has 0 N–H and O–H groups in total. The van der Waals surface area contributed by atoms with Gasteiger partial charge in [0.15, 0.2) is 8.32 Å². The molecule has 242 valence electrons. The van der Waals surface area contributed by atoms with Crippen LogP contribution < -0.4 is 4.43 Å². The Bertz CT molecular complexity index is 1330. The van der Waals surface area contributed by atoms with Crippen molar-refractivity contribution < 1.29 is 8.85 Å². The zero-order chi connectivity index (χ0) is 32.1. The smallest absolute Gasteiger partial charge is 0.229 e. The van der Waals surface area contributed by atoms with Crippen molar-refractivity contribution in [1.29, 1.82) is 0 Å². The van der Waals surface area contributed by atoms with Gasteiger partial charge in [-0.3, -0.25) is 0 Å². The first kappa shape index (κ1) is 34.2. The maximum Gasteiger partial charge on any atom is 0.229 e. The highest BCUT2D eigenvalue weighted by Crippen LogP contribution is 2.63. The van der Waals surface area contributed by atoms with Crippen LogP contribution in [0.3, 0.4) is 0 Å². The highest BCUT2D eigenvalue weighted by atomic mass is 79.9. The van der Waals surface area contributed by atoms with Gasteiger partial charge < -0.3 is 8.85 Å². The standard InChI is InChI=1S/C39H59BrO2Si2/c1-37(2,3)34-18-17-30(36(42-43(7)8)35(34)39-23-27-19-28(24-39)21-29(20-27)25-39)13-11-15-32(31-14-12-16-33(40)22-31)26-41-44(9,10)38(4,5)6/h12,14-18,22,27-29,43H,11,13,19-21,23-26H2,1-10H3/b32-15+. The zero-order valence-electron chi connectivity index (χ0n) is 29.4. The molecule has 0 aromatic heterocycles. The Labute approximate surface area is 280 Å². The summed E-state index contributed by atoms with van der Waals surface area (Å²) in [6, 6.07) is 13.6. The molecule has 2 aromatic rings. The first-order valence-electron chi connectivity index (χ1n) is 17.4. The fourth-order valence-corrected chi connectivity index (χ4v) is 10.7. The third-order valence-electron chi connectivity index (χ3n) is 11.4. The van der Waals surface area contributed by atoms with Gasteiger partial charge in [0.05, 0.1) is 6.61 Å². The van der Waals surface area contributed by atoms with E-state index in [1.54, 1.807) is 11.1 Å². The lowest BCUT2D eigenvalue weighted by molar-refractivity contribution is -0.00662. The molecule has 0 amide bonds. The molecule has 4 aliphatic carbocycles. The molecule has 44 heavy (non-hydrogen) atoms. The van der Waals surface area contributed by atoms with Crippen LogP contribution in [0.25, 0.3) is 5.57 Å². The summed E-state index contributed by atoms with van der Waals surface area (Å²) in [4.78, 5) is 0. The molecule has 5 heteroatoms. The molecule has 0 radical (unpaired) electrons. The summed E-state index contributed by atoms with van der Waals surface area (Å²) in [5, 5.41) is 0.185. The molecule has 0 atom stereocenters. The quantitative estimate of drug-likeness (QED) is 0.230. The number of benzene rings is 2. The second-order valence-electron chi connectivity index (χ2n) is 17.4. The van der Waals surface area contributed by atoms with E-state index < -0.39 is 17.4 Å². The highest BCUT2D eigenvalue weighted by molar-refractivity contribution is 9.10. The van der Waals surface area contributed by atoms with Crippen LogP contribution in [0.2, 0.25) is 31.2 Å². The predicted octanol–water partition coefficient (Wildman–Crippen LogP) is 11.6. The minimum Gasteiger partial charge on any atom is -0.547 e. The van der Waals surface area contributed by atoms with Crippen molar-refractivity contribution in [3.8, 4) is 5.75 Å². The minimum absolute atomic E-state index is 0.0999. The lowest BCUT2D eigenvalue weighted by Gasteiger charge is -2.58. The molecule has 6 rings (SSSR count). The van der Waals surface area contributed by atoms with Crippen molar-refractivity contribution in [2.75, 3.05) is 6.61 Å². The van der Waals surface area contributed by atoms with Crippen LogP contribution in [0.15, 0.2) is 46.9 Å². The van der Waals surface area contributed by atoms with Gasteiger partial charge in [-0.2, -0.15) is 0 Å². The monoisotopic (exact) mass is 694 g/mol. The molecular formula is C39H59BrO2Si2. The highest BCUT2D eigenvalue weighted by Gasteiger charge is 2.54. The summed E-state index contributed by atoms with van der Waals surface area (Å²) in [6.45, 7) is 24.3. The van der Waals surface area contributed by atoms with E-state index in [4.69, 9.17) is 8.85 Å². The summed E-state index contributed by atoms with van der Waals surface area (Å²) in [6.07, 6.45) is 13.0.